The predicted molar refractivity (Wildman–Crippen MR) is 107 cm³/mol. The van der Waals surface area contributed by atoms with Crippen LogP contribution >= 0.6 is 0 Å². The van der Waals surface area contributed by atoms with Crippen molar-refractivity contribution in [1.82, 2.24) is 16.1 Å². The lowest BCUT2D eigenvalue weighted by atomic mass is 10.2. The number of methoxy groups -OCH3 is 1. The van der Waals surface area contributed by atoms with Gasteiger partial charge < -0.3 is 20.1 Å². The van der Waals surface area contributed by atoms with Crippen LogP contribution in [0.1, 0.15) is 11.1 Å². The summed E-state index contributed by atoms with van der Waals surface area (Å²) in [6.45, 7) is 0.246. The lowest BCUT2D eigenvalue weighted by molar-refractivity contribution is -0.138. The second-order valence-corrected chi connectivity index (χ2v) is 5.74. The lowest BCUT2D eigenvalue weighted by Gasteiger charge is -2.11. The van der Waals surface area contributed by atoms with Crippen LogP contribution in [0.4, 0.5) is 0 Å². The third-order valence-electron chi connectivity index (χ3n) is 3.69. The Morgan fingerprint density at radius 2 is 1.79 bits per heavy atom. The topological polar surface area (TPSA) is 118 Å². The second-order valence-electron chi connectivity index (χ2n) is 5.74. The number of rotatable bonds is 8. The monoisotopic (exact) mass is 398 g/mol. The van der Waals surface area contributed by atoms with Crippen LogP contribution in [0.15, 0.2) is 53.6 Å². The molecule has 3 N–H and O–H groups in total. The molecule has 0 aliphatic carbocycles. The molecule has 0 radical (unpaired) electrons. The third kappa shape index (κ3) is 6.98. The summed E-state index contributed by atoms with van der Waals surface area (Å²) in [7, 11) is 2.81. The Morgan fingerprint density at radius 1 is 1.03 bits per heavy atom. The second kappa shape index (κ2) is 11.1. The maximum atomic E-state index is 12.0. The molecule has 152 valence electrons. The van der Waals surface area contributed by atoms with Crippen LogP contribution in [-0.2, 0) is 20.9 Å². The van der Waals surface area contributed by atoms with Gasteiger partial charge in [-0.25, -0.2) is 5.43 Å². The fraction of sp³-hybridized carbons (Fsp3) is 0.200. The van der Waals surface area contributed by atoms with Crippen molar-refractivity contribution >= 4 is 23.9 Å². The van der Waals surface area contributed by atoms with E-state index in [2.05, 4.69) is 21.2 Å². The van der Waals surface area contributed by atoms with Crippen LogP contribution in [0, 0.1) is 0 Å². The molecule has 0 unspecified atom stereocenters. The Balaban J connectivity index is 1.88. The van der Waals surface area contributed by atoms with E-state index in [0.29, 0.717) is 23.6 Å². The van der Waals surface area contributed by atoms with Crippen molar-refractivity contribution in [3.05, 3.63) is 59.7 Å². The number of carbonyl (C=O) groups is 3. The zero-order valence-electron chi connectivity index (χ0n) is 16.1. The number of hydrogen-bond acceptors (Lipinski definition) is 6. The summed E-state index contributed by atoms with van der Waals surface area (Å²) in [4.78, 5) is 34.4. The maximum Gasteiger partial charge on any atom is 0.329 e. The molecule has 9 heteroatoms. The van der Waals surface area contributed by atoms with Crippen LogP contribution in [-0.4, -0.2) is 44.7 Å². The molecule has 0 spiro atoms. The van der Waals surface area contributed by atoms with Crippen LogP contribution < -0.4 is 25.5 Å². The molecular weight excluding hydrogens is 376 g/mol. The number of nitrogens with zero attached hydrogens (tertiary/aromatic N) is 1. The van der Waals surface area contributed by atoms with Gasteiger partial charge in [0.2, 0.25) is 0 Å². The minimum atomic E-state index is -0.878. The first-order chi connectivity index (χ1) is 14.0. The summed E-state index contributed by atoms with van der Waals surface area (Å²) in [5.74, 6) is -1.17. The predicted octanol–water partition coefficient (Wildman–Crippen LogP) is 0.587. The molecule has 0 fully saturated rings. The average Bonchev–Trinajstić information content (AvgIpc) is 2.76. The van der Waals surface area contributed by atoms with Crippen molar-refractivity contribution in [3.8, 4) is 11.5 Å². The molecule has 2 aromatic rings. The van der Waals surface area contributed by atoms with Crippen molar-refractivity contribution in [2.24, 2.45) is 5.10 Å². The van der Waals surface area contributed by atoms with E-state index in [1.165, 1.54) is 20.4 Å². The van der Waals surface area contributed by atoms with Crippen molar-refractivity contribution in [1.29, 1.82) is 0 Å². The molecule has 0 atom stereocenters. The SMILES string of the molecule is CNC(=O)C(=O)N/N=C\c1ccc(OCC(=O)NCc2ccccc2)c(OC)c1. The lowest BCUT2D eigenvalue weighted by Crippen LogP contribution is -2.35. The maximum absolute atomic E-state index is 12.0. The average molecular weight is 398 g/mol. The van der Waals surface area contributed by atoms with Gasteiger partial charge >= 0.3 is 11.8 Å². The number of ether oxygens (including phenoxy) is 2. The summed E-state index contributed by atoms with van der Waals surface area (Å²) in [6, 6.07) is 14.4. The van der Waals surface area contributed by atoms with Gasteiger partial charge in [-0.1, -0.05) is 30.3 Å². The number of hydrogen-bond donors (Lipinski definition) is 3. The van der Waals surface area contributed by atoms with E-state index in [9.17, 15) is 14.4 Å². The summed E-state index contributed by atoms with van der Waals surface area (Å²) >= 11 is 0. The molecule has 29 heavy (non-hydrogen) atoms. The van der Waals surface area contributed by atoms with Gasteiger partial charge in [0.15, 0.2) is 18.1 Å². The molecular formula is C20H22N4O5. The summed E-state index contributed by atoms with van der Waals surface area (Å²) < 4.78 is 10.8. The number of nitrogens with one attached hydrogen (secondary N) is 3. The Hall–Kier alpha value is -3.88. The van der Waals surface area contributed by atoms with Gasteiger partial charge in [0, 0.05) is 13.6 Å². The van der Waals surface area contributed by atoms with E-state index in [1.807, 2.05) is 30.3 Å². The zero-order valence-corrected chi connectivity index (χ0v) is 16.1. The van der Waals surface area contributed by atoms with E-state index >= 15 is 0 Å². The number of benzene rings is 2. The van der Waals surface area contributed by atoms with Crippen LogP contribution in [0.5, 0.6) is 11.5 Å². The molecule has 0 aromatic heterocycles. The van der Waals surface area contributed by atoms with Gasteiger partial charge in [0.05, 0.1) is 13.3 Å². The molecule has 0 bridgehead atoms. The Morgan fingerprint density at radius 3 is 2.48 bits per heavy atom. The molecule has 0 saturated carbocycles. The molecule has 0 saturated heterocycles. The molecule has 3 amide bonds. The number of likely N-dealkylation sites (N-methyl/N-ethyl adjacent to an activating group) is 1. The highest BCUT2D eigenvalue weighted by molar-refractivity contribution is 6.34. The van der Waals surface area contributed by atoms with Gasteiger partial charge in [-0.15, -0.1) is 0 Å². The van der Waals surface area contributed by atoms with Gasteiger partial charge in [0.1, 0.15) is 0 Å². The van der Waals surface area contributed by atoms with Gasteiger partial charge in [0.25, 0.3) is 5.91 Å². The third-order valence-corrected chi connectivity index (χ3v) is 3.69. The van der Waals surface area contributed by atoms with Crippen molar-refractivity contribution in [2.75, 3.05) is 20.8 Å². The quantitative estimate of drug-likeness (QED) is 0.342. The number of hydrazone groups is 1. The highest BCUT2D eigenvalue weighted by Crippen LogP contribution is 2.27. The number of amides is 3. The first kappa shape index (κ1) is 21.4. The van der Waals surface area contributed by atoms with Crippen molar-refractivity contribution in [3.63, 3.8) is 0 Å². The molecule has 2 aromatic carbocycles. The summed E-state index contributed by atoms with van der Waals surface area (Å²) in [5.41, 5.74) is 3.68. The van der Waals surface area contributed by atoms with Crippen LogP contribution in [0.2, 0.25) is 0 Å². The Labute approximate surface area is 168 Å². The van der Waals surface area contributed by atoms with E-state index in [0.717, 1.165) is 5.56 Å². The number of carbonyl (C=O) groups excluding carboxylic acids is 3. The summed E-state index contributed by atoms with van der Waals surface area (Å²) in [5, 5.41) is 8.66. The first-order valence-corrected chi connectivity index (χ1v) is 8.70. The smallest absolute Gasteiger partial charge is 0.329 e. The molecule has 2 rings (SSSR count). The van der Waals surface area contributed by atoms with Crippen LogP contribution in [0.25, 0.3) is 0 Å². The minimum absolute atomic E-state index is 0.168. The highest BCUT2D eigenvalue weighted by atomic mass is 16.5. The fourth-order valence-electron chi connectivity index (χ4n) is 2.20. The molecule has 9 nitrogen and oxygen atoms in total. The molecule has 0 aliphatic rings. The van der Waals surface area contributed by atoms with E-state index in [4.69, 9.17) is 9.47 Å². The minimum Gasteiger partial charge on any atom is -0.493 e. The Bertz CT molecular complexity index is 884. The summed E-state index contributed by atoms with van der Waals surface area (Å²) in [6.07, 6.45) is 1.35. The zero-order chi connectivity index (χ0) is 21.1. The standard InChI is InChI=1S/C20H22N4O5/c1-21-19(26)20(27)24-23-12-15-8-9-16(17(10-15)28-2)29-13-18(25)22-11-14-6-4-3-5-7-14/h3-10,12H,11,13H2,1-2H3,(H,21,26)(H,22,25)(H,24,27)/b23-12-. The normalized spacial score (nSPS) is 10.3. The fourth-order valence-corrected chi connectivity index (χ4v) is 2.20. The van der Waals surface area contributed by atoms with E-state index in [-0.39, 0.29) is 12.5 Å². The van der Waals surface area contributed by atoms with E-state index < -0.39 is 11.8 Å². The Kier molecular flexibility index (Phi) is 8.18. The van der Waals surface area contributed by atoms with Gasteiger partial charge in [-0.3, -0.25) is 14.4 Å². The first-order valence-electron chi connectivity index (χ1n) is 8.70. The van der Waals surface area contributed by atoms with Crippen molar-refractivity contribution in [2.45, 2.75) is 6.54 Å². The largest absolute Gasteiger partial charge is 0.493 e. The molecule has 0 heterocycles. The molecule has 0 aliphatic heterocycles. The van der Waals surface area contributed by atoms with Crippen molar-refractivity contribution < 1.29 is 23.9 Å². The highest BCUT2D eigenvalue weighted by Gasteiger charge is 2.10. The van der Waals surface area contributed by atoms with Crippen LogP contribution in [0.3, 0.4) is 0 Å². The van der Waals surface area contributed by atoms with E-state index in [1.54, 1.807) is 18.2 Å². The van der Waals surface area contributed by atoms with Gasteiger partial charge in [-0.05, 0) is 29.3 Å². The van der Waals surface area contributed by atoms with Gasteiger partial charge in [-0.2, -0.15) is 5.10 Å².